The van der Waals surface area contributed by atoms with E-state index in [0.717, 1.165) is 37.8 Å². The molecule has 2 heteroatoms. The Bertz CT molecular complexity index is 961. The van der Waals surface area contributed by atoms with Crippen LogP contribution in [0.5, 0.6) is 0 Å². The number of nitrogens with zero attached hydrogens (tertiary/aromatic N) is 1. The van der Waals surface area contributed by atoms with Gasteiger partial charge in [-0.3, -0.25) is 4.90 Å². The van der Waals surface area contributed by atoms with Crippen LogP contribution < -0.4 is 0 Å². The van der Waals surface area contributed by atoms with Gasteiger partial charge in [0, 0.05) is 13.1 Å². The van der Waals surface area contributed by atoms with E-state index in [2.05, 4.69) is 95.9 Å². The molecule has 0 N–H and O–H groups in total. The van der Waals surface area contributed by atoms with Crippen LogP contribution in [0.25, 0.3) is 0 Å². The quantitative estimate of drug-likeness (QED) is 0.459. The molecule has 4 fully saturated rings. The normalized spacial score (nSPS) is 31.3. The van der Waals surface area contributed by atoms with Gasteiger partial charge in [-0.25, -0.2) is 0 Å². The zero-order valence-electron chi connectivity index (χ0n) is 18.1. The lowest BCUT2D eigenvalue weighted by molar-refractivity contribution is -0.335. The van der Waals surface area contributed by atoms with Crippen molar-refractivity contribution >= 4 is 0 Å². The zero-order valence-corrected chi connectivity index (χ0v) is 18.1. The predicted octanol–water partition coefficient (Wildman–Crippen LogP) is 6.52. The van der Waals surface area contributed by atoms with Crippen molar-refractivity contribution in [3.05, 3.63) is 108 Å². The third-order valence-electron chi connectivity index (χ3n) is 7.81. The molecule has 2 atom stereocenters. The van der Waals surface area contributed by atoms with Gasteiger partial charge in [-0.15, -0.1) is 0 Å². The topological polar surface area (TPSA) is 12.5 Å². The van der Waals surface area contributed by atoms with Crippen LogP contribution in [-0.4, -0.2) is 10.6 Å². The fourth-order valence-electron chi connectivity index (χ4n) is 6.79. The van der Waals surface area contributed by atoms with Crippen molar-refractivity contribution in [3.8, 4) is 0 Å². The standard InChI is InChI=1S/C29H31NO/c1-4-10-23(11-5-1)21-30(22-24-12-6-2-7-13-24)29-19-25-16-26(20-29)18-28(17-25,31-29)27-14-8-3-9-15-27/h1-15,25-26H,16-22H2. The SMILES string of the molecule is c1ccc(CN(Cc2ccccc2)C23CC4CC(CC(c5ccccc5)(C4)O2)C3)cc1. The van der Waals surface area contributed by atoms with Gasteiger partial charge in [0.05, 0.1) is 5.60 Å². The summed E-state index contributed by atoms with van der Waals surface area (Å²) < 4.78 is 7.32. The Kier molecular flexibility index (Phi) is 4.74. The van der Waals surface area contributed by atoms with E-state index in [0.29, 0.717) is 0 Å². The molecule has 2 aliphatic heterocycles. The Hall–Kier alpha value is -2.42. The second-order valence-corrected chi connectivity index (χ2v) is 10.0. The Morgan fingerprint density at radius 1 is 0.645 bits per heavy atom. The predicted molar refractivity (Wildman–Crippen MR) is 124 cm³/mol. The number of benzene rings is 3. The van der Waals surface area contributed by atoms with E-state index in [1.54, 1.807) is 0 Å². The highest BCUT2D eigenvalue weighted by molar-refractivity contribution is 5.27. The van der Waals surface area contributed by atoms with Gasteiger partial charge in [-0.1, -0.05) is 91.0 Å². The van der Waals surface area contributed by atoms with Crippen molar-refractivity contribution in [2.75, 3.05) is 0 Å². The van der Waals surface area contributed by atoms with Gasteiger partial charge >= 0.3 is 0 Å². The summed E-state index contributed by atoms with van der Waals surface area (Å²) >= 11 is 0. The van der Waals surface area contributed by atoms with E-state index in [4.69, 9.17) is 4.74 Å². The van der Waals surface area contributed by atoms with Crippen molar-refractivity contribution in [2.24, 2.45) is 11.8 Å². The molecule has 31 heavy (non-hydrogen) atoms. The molecule has 0 amide bonds. The first-order chi connectivity index (χ1) is 15.2. The van der Waals surface area contributed by atoms with Crippen LogP contribution in [0.15, 0.2) is 91.0 Å². The number of ether oxygens (including phenoxy) is 1. The fourth-order valence-corrected chi connectivity index (χ4v) is 6.79. The van der Waals surface area contributed by atoms with E-state index in [1.807, 2.05) is 0 Å². The molecule has 0 radical (unpaired) electrons. The second kappa shape index (κ2) is 7.62. The summed E-state index contributed by atoms with van der Waals surface area (Å²) in [5.41, 5.74) is 3.83. The van der Waals surface area contributed by atoms with Crippen molar-refractivity contribution in [3.63, 3.8) is 0 Å². The van der Waals surface area contributed by atoms with Gasteiger partial charge < -0.3 is 4.74 Å². The summed E-state index contributed by atoms with van der Waals surface area (Å²) in [5, 5.41) is 0. The molecule has 7 rings (SSSR count). The highest BCUT2D eigenvalue weighted by atomic mass is 16.5. The highest BCUT2D eigenvalue weighted by Crippen LogP contribution is 2.62. The molecular formula is C29H31NO. The second-order valence-electron chi connectivity index (χ2n) is 10.0. The molecule has 0 spiro atoms. The van der Waals surface area contributed by atoms with Crippen molar-refractivity contribution in [1.29, 1.82) is 0 Å². The van der Waals surface area contributed by atoms with Crippen LogP contribution >= 0.6 is 0 Å². The van der Waals surface area contributed by atoms with Crippen LogP contribution in [0.2, 0.25) is 0 Å². The first-order valence-electron chi connectivity index (χ1n) is 11.8. The largest absolute Gasteiger partial charge is 0.349 e. The molecule has 3 aromatic carbocycles. The third kappa shape index (κ3) is 3.52. The first kappa shape index (κ1) is 19.3. The molecule has 158 valence electrons. The molecule has 4 aliphatic rings. The average Bonchev–Trinajstić information content (AvgIpc) is 2.80. The molecule has 3 aromatic rings. The highest BCUT2D eigenvalue weighted by Gasteiger charge is 2.61. The number of rotatable bonds is 6. The van der Waals surface area contributed by atoms with Crippen LogP contribution in [0.4, 0.5) is 0 Å². The Labute approximate surface area is 185 Å². The van der Waals surface area contributed by atoms with E-state index in [-0.39, 0.29) is 11.3 Å². The van der Waals surface area contributed by atoms with Crippen LogP contribution in [0.1, 0.15) is 48.8 Å². The van der Waals surface area contributed by atoms with E-state index in [9.17, 15) is 0 Å². The first-order valence-corrected chi connectivity index (χ1v) is 11.8. The monoisotopic (exact) mass is 409 g/mol. The molecule has 2 saturated heterocycles. The molecule has 2 heterocycles. The van der Waals surface area contributed by atoms with Crippen molar-refractivity contribution in [1.82, 2.24) is 4.90 Å². The molecule has 4 bridgehead atoms. The van der Waals surface area contributed by atoms with Gasteiger partial charge in [0.1, 0.15) is 5.72 Å². The Morgan fingerprint density at radius 2 is 1.13 bits per heavy atom. The van der Waals surface area contributed by atoms with Gasteiger partial charge in [-0.2, -0.15) is 0 Å². The van der Waals surface area contributed by atoms with Crippen molar-refractivity contribution < 1.29 is 4.74 Å². The summed E-state index contributed by atoms with van der Waals surface area (Å²) in [7, 11) is 0. The van der Waals surface area contributed by atoms with Gasteiger partial charge in [0.15, 0.2) is 0 Å². The lowest BCUT2D eigenvalue weighted by Crippen LogP contribution is -2.65. The summed E-state index contributed by atoms with van der Waals surface area (Å²) in [6.45, 7) is 1.86. The average molecular weight is 410 g/mol. The molecular weight excluding hydrogens is 378 g/mol. The van der Waals surface area contributed by atoms with E-state index >= 15 is 0 Å². The molecule has 2 saturated carbocycles. The number of hydrogen-bond donors (Lipinski definition) is 0. The molecule has 2 nitrogen and oxygen atoms in total. The third-order valence-corrected chi connectivity index (χ3v) is 7.81. The van der Waals surface area contributed by atoms with Crippen LogP contribution in [0, 0.1) is 11.8 Å². The van der Waals surface area contributed by atoms with Crippen molar-refractivity contribution in [2.45, 2.75) is 56.5 Å². The van der Waals surface area contributed by atoms with Gasteiger partial charge in [-0.05, 0) is 60.6 Å². The summed E-state index contributed by atoms with van der Waals surface area (Å²) in [6.07, 6.45) is 6.07. The Balaban J connectivity index is 1.39. The maximum absolute atomic E-state index is 7.32. The zero-order chi connectivity index (χ0) is 20.7. The minimum absolute atomic E-state index is 0.114. The maximum atomic E-state index is 7.32. The van der Waals surface area contributed by atoms with E-state index < -0.39 is 0 Å². The summed E-state index contributed by atoms with van der Waals surface area (Å²) in [5.74, 6) is 1.52. The fraction of sp³-hybridized carbons (Fsp3) is 0.379. The molecule has 2 aliphatic carbocycles. The Morgan fingerprint density at radius 3 is 1.65 bits per heavy atom. The van der Waals surface area contributed by atoms with E-state index in [1.165, 1.54) is 36.0 Å². The van der Waals surface area contributed by atoms with Crippen LogP contribution in [0.3, 0.4) is 0 Å². The summed E-state index contributed by atoms with van der Waals surface area (Å²) in [4.78, 5) is 2.66. The lowest BCUT2D eigenvalue weighted by Gasteiger charge is -2.64. The lowest BCUT2D eigenvalue weighted by atomic mass is 9.58. The van der Waals surface area contributed by atoms with Crippen LogP contribution in [-0.2, 0) is 23.4 Å². The maximum Gasteiger partial charge on any atom is 0.124 e. The molecule has 0 aromatic heterocycles. The number of hydrogen-bond acceptors (Lipinski definition) is 2. The van der Waals surface area contributed by atoms with Gasteiger partial charge in [0.2, 0.25) is 0 Å². The summed E-state index contributed by atoms with van der Waals surface area (Å²) in [6, 6.07) is 32.9. The molecule has 2 unspecified atom stereocenters. The minimum Gasteiger partial charge on any atom is -0.349 e. The smallest absolute Gasteiger partial charge is 0.124 e. The van der Waals surface area contributed by atoms with Gasteiger partial charge in [0.25, 0.3) is 0 Å². The minimum atomic E-state index is -0.175.